The molecule has 1 fully saturated rings. The third kappa shape index (κ3) is 9.82. The number of nitrogens with zero attached hydrogens (tertiary/aromatic N) is 5. The molecule has 1 aromatic heterocycles. The van der Waals surface area contributed by atoms with E-state index in [1.165, 1.54) is 11.1 Å². The van der Waals surface area contributed by atoms with Gasteiger partial charge in [0.15, 0.2) is 0 Å². The fraction of sp³-hybridized carbons (Fsp3) is 0.333. The smallest absolute Gasteiger partial charge is 0.318 e. The minimum atomic E-state index is -0.0216. The van der Waals surface area contributed by atoms with E-state index >= 15 is 0 Å². The van der Waals surface area contributed by atoms with E-state index in [-0.39, 0.29) is 18.7 Å². The SMILES string of the molecule is Cc1ccc(CNC(=O)N2CCCC2C(=S)N(C)C)c(C)c1.Cn1ncc2c1Nc1ccccc1N(C=O)C2.OCc1cccc(SO)c1. The zero-order chi connectivity index (χ0) is 35.5. The number of benzene rings is 3. The highest BCUT2D eigenvalue weighted by Crippen LogP contribution is 2.34. The highest BCUT2D eigenvalue weighted by molar-refractivity contribution is 7.93. The van der Waals surface area contributed by atoms with Gasteiger partial charge in [-0.15, -0.1) is 0 Å². The number of carbonyl (C=O) groups is 2. The van der Waals surface area contributed by atoms with E-state index in [2.05, 4.69) is 47.8 Å². The molecular formula is C36H45N7O4S2. The molecule has 1 atom stereocenters. The average molecular weight is 704 g/mol. The fourth-order valence-electron chi connectivity index (χ4n) is 5.66. The van der Waals surface area contributed by atoms with Crippen molar-refractivity contribution in [3.05, 3.63) is 101 Å². The van der Waals surface area contributed by atoms with Gasteiger partial charge in [0, 0.05) is 56.7 Å². The Morgan fingerprint density at radius 3 is 2.61 bits per heavy atom. The summed E-state index contributed by atoms with van der Waals surface area (Å²) in [6.45, 7) is 6.05. The first kappa shape index (κ1) is 37.4. The number of urea groups is 1. The van der Waals surface area contributed by atoms with Crippen LogP contribution in [0.5, 0.6) is 0 Å². The third-order valence-corrected chi connectivity index (χ3v) is 9.41. The van der Waals surface area contributed by atoms with Crippen molar-refractivity contribution < 1.29 is 19.2 Å². The van der Waals surface area contributed by atoms with Crippen LogP contribution in [0.4, 0.5) is 22.0 Å². The number of likely N-dealkylation sites (tertiary alicyclic amines) is 1. The van der Waals surface area contributed by atoms with E-state index in [9.17, 15) is 9.59 Å². The van der Waals surface area contributed by atoms with E-state index in [1.54, 1.807) is 40.0 Å². The highest BCUT2D eigenvalue weighted by atomic mass is 32.2. The molecule has 0 saturated carbocycles. The van der Waals surface area contributed by atoms with Crippen LogP contribution >= 0.6 is 24.3 Å². The molecule has 3 aromatic carbocycles. The van der Waals surface area contributed by atoms with Gasteiger partial charge < -0.3 is 35.0 Å². The standard InChI is InChI=1S/C17H25N3OS.C12H12N4O.C7H8O2S/c1-12-7-8-14(13(2)10-12)11-18-17(21)20-9-5-6-15(20)16(22)19(3)4;1-15-12-9(6-13-15)7-16(8-17)11-5-3-2-4-10(11)14-12;8-5-6-2-1-3-7(4-6)10-9/h7-8,10,15H,5-6,9,11H2,1-4H3,(H,18,21);2-6,8,14H,7H2,1H3;1-4,8-9H,5H2. The molecule has 3 heterocycles. The molecule has 6 rings (SSSR count). The lowest BCUT2D eigenvalue weighted by Gasteiger charge is -2.28. The van der Waals surface area contributed by atoms with Gasteiger partial charge in [-0.2, -0.15) is 5.10 Å². The zero-order valence-electron chi connectivity index (χ0n) is 28.6. The molecule has 2 aliphatic rings. The van der Waals surface area contributed by atoms with Crippen molar-refractivity contribution in [3.8, 4) is 0 Å². The van der Waals surface area contributed by atoms with Gasteiger partial charge in [0.2, 0.25) is 6.41 Å². The van der Waals surface area contributed by atoms with Crippen LogP contribution in [0.2, 0.25) is 0 Å². The third-order valence-electron chi connectivity index (χ3n) is 8.30. The maximum atomic E-state index is 12.5. The lowest BCUT2D eigenvalue weighted by Crippen LogP contribution is -2.48. The Hall–Kier alpha value is -4.43. The van der Waals surface area contributed by atoms with Crippen LogP contribution in [0, 0.1) is 13.8 Å². The molecule has 49 heavy (non-hydrogen) atoms. The van der Waals surface area contributed by atoms with Crippen molar-refractivity contribution in [1.82, 2.24) is 24.9 Å². The number of aliphatic hydroxyl groups is 1. The van der Waals surface area contributed by atoms with Gasteiger partial charge in [-0.1, -0.05) is 60.2 Å². The largest absolute Gasteiger partial charge is 0.392 e. The molecule has 0 bridgehead atoms. The zero-order valence-corrected chi connectivity index (χ0v) is 30.2. The van der Waals surface area contributed by atoms with Crippen LogP contribution in [0.3, 0.4) is 0 Å². The maximum Gasteiger partial charge on any atom is 0.318 e. The summed E-state index contributed by atoms with van der Waals surface area (Å²) in [4.78, 5) is 30.7. The summed E-state index contributed by atoms with van der Waals surface area (Å²) < 4.78 is 10.4. The number of carbonyl (C=O) groups excluding carboxylic acids is 2. The Labute approximate surface area is 298 Å². The first-order chi connectivity index (χ1) is 23.6. The van der Waals surface area contributed by atoms with Crippen LogP contribution in [-0.4, -0.2) is 73.4 Å². The van der Waals surface area contributed by atoms with Gasteiger partial charge in [0.25, 0.3) is 0 Å². The van der Waals surface area contributed by atoms with Crippen LogP contribution in [-0.2, 0) is 31.5 Å². The molecule has 260 valence electrons. The predicted octanol–water partition coefficient (Wildman–Crippen LogP) is 6.25. The number of anilines is 3. The minimum Gasteiger partial charge on any atom is -0.392 e. The first-order valence-corrected chi connectivity index (χ1v) is 17.2. The number of aromatic nitrogens is 2. The van der Waals surface area contributed by atoms with Gasteiger partial charge in [0.05, 0.1) is 36.8 Å². The Morgan fingerprint density at radius 1 is 1.14 bits per heavy atom. The Morgan fingerprint density at radius 2 is 1.92 bits per heavy atom. The number of fused-ring (bicyclic) bond motifs is 2. The normalized spacial score (nSPS) is 14.5. The molecule has 13 heteroatoms. The Bertz CT molecular complexity index is 1730. The molecule has 3 amide bonds. The quantitative estimate of drug-likeness (QED) is 0.105. The number of thiocarbonyl (C=S) groups is 1. The van der Waals surface area contributed by atoms with E-state index in [0.29, 0.717) is 25.1 Å². The number of aryl methyl sites for hydroxylation is 3. The molecule has 1 saturated heterocycles. The first-order valence-electron chi connectivity index (χ1n) is 16.0. The Balaban J connectivity index is 0.000000177. The lowest BCUT2D eigenvalue weighted by atomic mass is 10.1. The lowest BCUT2D eigenvalue weighted by molar-refractivity contribution is -0.107. The summed E-state index contributed by atoms with van der Waals surface area (Å²) >= 11 is 6.14. The molecular weight excluding hydrogens is 659 g/mol. The van der Waals surface area contributed by atoms with Crippen molar-refractivity contribution in [2.45, 2.75) is 57.3 Å². The van der Waals surface area contributed by atoms with E-state index in [1.807, 2.05) is 55.2 Å². The average Bonchev–Trinajstić information content (AvgIpc) is 3.69. The van der Waals surface area contributed by atoms with Crippen molar-refractivity contribution in [2.24, 2.45) is 7.05 Å². The number of rotatable bonds is 6. The van der Waals surface area contributed by atoms with Gasteiger partial charge in [-0.3, -0.25) is 9.48 Å². The van der Waals surface area contributed by atoms with Crippen molar-refractivity contribution in [1.29, 1.82) is 0 Å². The number of amides is 3. The summed E-state index contributed by atoms with van der Waals surface area (Å²) in [5.74, 6) is 0.932. The van der Waals surface area contributed by atoms with Crippen molar-refractivity contribution in [2.75, 3.05) is 30.9 Å². The molecule has 2 aliphatic heterocycles. The molecule has 4 N–H and O–H groups in total. The highest BCUT2D eigenvalue weighted by Gasteiger charge is 2.32. The second-order valence-corrected chi connectivity index (χ2v) is 13.2. The molecule has 0 radical (unpaired) electrons. The fourth-order valence-corrected chi connectivity index (χ4v) is 6.25. The second kappa shape index (κ2) is 17.8. The summed E-state index contributed by atoms with van der Waals surface area (Å²) in [5, 5.41) is 19.2. The van der Waals surface area contributed by atoms with E-state index in [4.69, 9.17) is 21.9 Å². The predicted molar refractivity (Wildman–Crippen MR) is 200 cm³/mol. The monoisotopic (exact) mass is 703 g/mol. The second-order valence-electron chi connectivity index (χ2n) is 12.1. The maximum absolute atomic E-state index is 12.5. The molecule has 0 spiro atoms. The number of aliphatic hydroxyl groups excluding tert-OH is 1. The number of hydrogen-bond donors (Lipinski definition) is 4. The van der Waals surface area contributed by atoms with E-state index < -0.39 is 0 Å². The van der Waals surface area contributed by atoms with Crippen molar-refractivity contribution >= 4 is 58.9 Å². The number of para-hydroxylation sites is 2. The van der Waals surface area contributed by atoms with Crippen LogP contribution in [0.1, 0.15) is 40.7 Å². The van der Waals surface area contributed by atoms with Gasteiger partial charge in [-0.05, 0) is 67.6 Å². The molecule has 11 nitrogen and oxygen atoms in total. The number of nitrogens with one attached hydrogen (secondary N) is 2. The summed E-state index contributed by atoms with van der Waals surface area (Å²) in [6, 6.07) is 21.2. The Kier molecular flexibility index (Phi) is 13.6. The minimum absolute atomic E-state index is 0.0216. The van der Waals surface area contributed by atoms with Crippen LogP contribution < -0.4 is 15.5 Å². The topological polar surface area (TPSA) is 126 Å². The summed E-state index contributed by atoms with van der Waals surface area (Å²) in [5.41, 5.74) is 7.24. The van der Waals surface area contributed by atoms with Gasteiger partial charge >= 0.3 is 6.03 Å². The van der Waals surface area contributed by atoms with Crippen LogP contribution in [0.25, 0.3) is 0 Å². The number of hydrogen-bond acceptors (Lipinski definition) is 8. The molecule has 4 aromatic rings. The van der Waals surface area contributed by atoms with Crippen molar-refractivity contribution in [3.63, 3.8) is 0 Å². The van der Waals surface area contributed by atoms with Gasteiger partial charge in [0.1, 0.15) is 10.8 Å². The molecule has 1 unspecified atom stereocenters. The van der Waals surface area contributed by atoms with Gasteiger partial charge in [-0.25, -0.2) is 4.79 Å². The van der Waals surface area contributed by atoms with Crippen LogP contribution in [0.15, 0.2) is 77.8 Å². The summed E-state index contributed by atoms with van der Waals surface area (Å²) in [7, 11) is 5.75. The molecule has 0 aliphatic carbocycles. The number of likely N-dealkylation sites (N-methyl/N-ethyl adjacent to an activating group) is 1. The van der Waals surface area contributed by atoms with E-state index in [0.717, 1.165) is 69.6 Å². The summed E-state index contributed by atoms with van der Waals surface area (Å²) in [6.07, 6.45) is 4.59.